The van der Waals surface area contributed by atoms with Crippen LogP contribution in [-0.4, -0.2) is 38.9 Å². The molecule has 2 unspecified atom stereocenters. The molecule has 0 fully saturated rings. The van der Waals surface area contributed by atoms with Crippen molar-refractivity contribution in [2.45, 2.75) is 38.0 Å². The number of anilines is 1. The van der Waals surface area contributed by atoms with Gasteiger partial charge in [-0.2, -0.15) is 0 Å². The van der Waals surface area contributed by atoms with E-state index >= 15 is 0 Å². The number of hydrogen-bond donors (Lipinski definition) is 1. The Morgan fingerprint density at radius 3 is 2.71 bits per heavy atom. The van der Waals surface area contributed by atoms with Crippen molar-refractivity contribution in [2.24, 2.45) is 7.05 Å². The average Bonchev–Trinajstić information content (AvgIpc) is 2.97. The van der Waals surface area contributed by atoms with Crippen molar-refractivity contribution < 1.29 is 14.3 Å². The molecule has 0 spiro atoms. The first kappa shape index (κ1) is 18.6. The molecule has 146 valence electrons. The first-order valence-corrected chi connectivity index (χ1v) is 10.2. The lowest BCUT2D eigenvalue weighted by molar-refractivity contribution is -0.114. The quantitative estimate of drug-likeness (QED) is 0.675. The van der Waals surface area contributed by atoms with Crippen LogP contribution in [0.25, 0.3) is 22.2 Å². The molecule has 0 saturated carbocycles. The van der Waals surface area contributed by atoms with E-state index in [-0.39, 0.29) is 18.1 Å². The number of nitrogens with zero attached hydrogens (tertiary/aromatic N) is 3. The minimum absolute atomic E-state index is 0.0412. The number of thioether (sulfide) groups is 1. The van der Waals surface area contributed by atoms with Gasteiger partial charge in [0.05, 0.1) is 11.7 Å². The molecular formula is C20H22N4O3S. The number of ether oxygens (including phenoxy) is 2. The molecule has 1 amide bonds. The molecule has 4 heterocycles. The highest BCUT2D eigenvalue weighted by molar-refractivity contribution is 7.98. The Labute approximate surface area is 167 Å². The van der Waals surface area contributed by atoms with Crippen molar-refractivity contribution in [1.29, 1.82) is 0 Å². The van der Waals surface area contributed by atoms with Crippen LogP contribution < -0.4 is 14.8 Å². The van der Waals surface area contributed by atoms with Crippen molar-refractivity contribution in [3.63, 3.8) is 0 Å². The average molecular weight is 398 g/mol. The maximum absolute atomic E-state index is 11.4. The maximum atomic E-state index is 11.4. The number of nitrogens with one attached hydrogen (secondary N) is 1. The van der Waals surface area contributed by atoms with Gasteiger partial charge in [-0.25, -0.2) is 9.97 Å². The molecule has 1 N–H and O–H groups in total. The Hall–Kier alpha value is -2.74. The summed E-state index contributed by atoms with van der Waals surface area (Å²) in [5, 5.41) is 4.53. The molecular weight excluding hydrogens is 376 g/mol. The standard InChI is InChI=1S/C20H22N4O3S/c1-10-11(2)27-20-16(26-10)7-18(28-5)23-19(20)14-9-24(4)15-8-21-17(6-13(14)15)22-12(3)25/h6-11H,1-5H3,(H,21,22,25). The number of pyridine rings is 2. The molecule has 8 heteroatoms. The van der Waals surface area contributed by atoms with Crippen molar-refractivity contribution >= 4 is 34.4 Å². The summed E-state index contributed by atoms with van der Waals surface area (Å²) in [4.78, 5) is 20.6. The number of amides is 1. The molecule has 1 aliphatic rings. The second kappa shape index (κ2) is 7.01. The lowest BCUT2D eigenvalue weighted by Crippen LogP contribution is -2.35. The van der Waals surface area contributed by atoms with Crippen molar-refractivity contribution in [2.75, 3.05) is 11.6 Å². The summed E-state index contributed by atoms with van der Waals surface area (Å²) in [5.74, 6) is 1.69. The van der Waals surface area contributed by atoms with Crippen LogP contribution in [0.3, 0.4) is 0 Å². The van der Waals surface area contributed by atoms with Gasteiger partial charge in [-0.05, 0) is 26.2 Å². The summed E-state index contributed by atoms with van der Waals surface area (Å²) in [6.07, 6.45) is 5.61. The molecule has 0 aliphatic carbocycles. The van der Waals surface area contributed by atoms with Crippen LogP contribution in [0.1, 0.15) is 20.8 Å². The van der Waals surface area contributed by atoms with E-state index in [4.69, 9.17) is 14.5 Å². The highest BCUT2D eigenvalue weighted by atomic mass is 32.2. The minimum Gasteiger partial charge on any atom is -0.483 e. The summed E-state index contributed by atoms with van der Waals surface area (Å²) in [5.41, 5.74) is 2.57. The topological polar surface area (TPSA) is 78.3 Å². The van der Waals surface area contributed by atoms with Gasteiger partial charge in [0, 0.05) is 37.2 Å². The van der Waals surface area contributed by atoms with Gasteiger partial charge < -0.3 is 19.4 Å². The van der Waals surface area contributed by atoms with Gasteiger partial charge in [0.1, 0.15) is 28.7 Å². The summed E-state index contributed by atoms with van der Waals surface area (Å²) < 4.78 is 14.3. The smallest absolute Gasteiger partial charge is 0.222 e. The van der Waals surface area contributed by atoms with E-state index in [9.17, 15) is 4.79 Å². The lowest BCUT2D eigenvalue weighted by atomic mass is 10.1. The predicted octanol–water partition coefficient (Wildman–Crippen LogP) is 3.86. The van der Waals surface area contributed by atoms with Crippen LogP contribution in [-0.2, 0) is 11.8 Å². The van der Waals surface area contributed by atoms with Gasteiger partial charge in [-0.3, -0.25) is 4.79 Å². The third-order valence-corrected chi connectivity index (χ3v) is 5.46. The number of rotatable bonds is 3. The highest BCUT2D eigenvalue weighted by Crippen LogP contribution is 2.45. The molecule has 0 bridgehead atoms. The molecule has 3 aromatic heterocycles. The van der Waals surface area contributed by atoms with Gasteiger partial charge in [-0.1, -0.05) is 0 Å². The third kappa shape index (κ3) is 3.17. The number of hydrogen-bond acceptors (Lipinski definition) is 6. The second-order valence-corrected chi connectivity index (χ2v) is 7.73. The van der Waals surface area contributed by atoms with Crippen LogP contribution in [0, 0.1) is 0 Å². The largest absolute Gasteiger partial charge is 0.483 e. The molecule has 0 saturated heterocycles. The van der Waals surface area contributed by atoms with Crippen LogP contribution in [0.4, 0.5) is 5.82 Å². The van der Waals surface area contributed by atoms with E-state index < -0.39 is 0 Å². The summed E-state index contributed by atoms with van der Waals surface area (Å²) in [6, 6.07) is 3.78. The van der Waals surface area contributed by atoms with Crippen molar-refractivity contribution in [3.05, 3.63) is 24.5 Å². The van der Waals surface area contributed by atoms with Crippen LogP contribution in [0.15, 0.2) is 29.6 Å². The van der Waals surface area contributed by atoms with Crippen LogP contribution >= 0.6 is 11.8 Å². The first-order chi connectivity index (χ1) is 13.4. The zero-order chi connectivity index (χ0) is 20.0. The van der Waals surface area contributed by atoms with E-state index in [0.717, 1.165) is 27.2 Å². The fraction of sp³-hybridized carbons (Fsp3) is 0.350. The molecule has 2 atom stereocenters. The normalized spacial score (nSPS) is 18.3. The molecule has 0 radical (unpaired) electrons. The van der Waals surface area contributed by atoms with E-state index in [1.54, 1.807) is 18.0 Å². The number of carbonyl (C=O) groups excluding carboxylic acids is 1. The summed E-state index contributed by atoms with van der Waals surface area (Å²) >= 11 is 1.55. The monoisotopic (exact) mass is 398 g/mol. The van der Waals surface area contributed by atoms with Gasteiger partial charge in [0.15, 0.2) is 11.5 Å². The fourth-order valence-electron chi connectivity index (χ4n) is 3.27. The van der Waals surface area contributed by atoms with Gasteiger partial charge in [0.2, 0.25) is 5.91 Å². The van der Waals surface area contributed by atoms with Crippen molar-refractivity contribution in [1.82, 2.24) is 14.5 Å². The zero-order valence-corrected chi connectivity index (χ0v) is 17.3. The number of fused-ring (bicyclic) bond motifs is 2. The number of aryl methyl sites for hydroxylation is 1. The second-order valence-electron chi connectivity index (χ2n) is 6.91. The van der Waals surface area contributed by atoms with Gasteiger partial charge in [0.25, 0.3) is 0 Å². The van der Waals surface area contributed by atoms with E-state index in [2.05, 4.69) is 10.3 Å². The Kier molecular flexibility index (Phi) is 4.66. The van der Waals surface area contributed by atoms with Crippen LogP contribution in [0.5, 0.6) is 11.5 Å². The maximum Gasteiger partial charge on any atom is 0.222 e. The molecule has 3 aromatic rings. The molecule has 0 aromatic carbocycles. The fourth-order valence-corrected chi connectivity index (χ4v) is 3.68. The SMILES string of the molecule is CSc1cc2c(c(-c3cn(C)c4cnc(NC(C)=O)cc34)n1)OC(C)C(C)O2. The Bertz CT molecular complexity index is 1080. The van der Waals surface area contributed by atoms with E-state index in [1.807, 2.05) is 50.0 Å². The Morgan fingerprint density at radius 2 is 2.00 bits per heavy atom. The minimum atomic E-state index is -0.163. The van der Waals surface area contributed by atoms with E-state index in [0.29, 0.717) is 17.3 Å². The lowest BCUT2D eigenvalue weighted by Gasteiger charge is -2.31. The number of carbonyl (C=O) groups is 1. The molecule has 28 heavy (non-hydrogen) atoms. The Morgan fingerprint density at radius 1 is 1.25 bits per heavy atom. The van der Waals surface area contributed by atoms with Crippen molar-refractivity contribution in [3.8, 4) is 22.8 Å². The summed E-state index contributed by atoms with van der Waals surface area (Å²) in [7, 11) is 1.96. The third-order valence-electron chi connectivity index (χ3n) is 4.84. The molecule has 4 rings (SSSR count). The zero-order valence-electron chi connectivity index (χ0n) is 16.4. The van der Waals surface area contributed by atoms with Gasteiger partial charge in [-0.15, -0.1) is 11.8 Å². The highest BCUT2D eigenvalue weighted by Gasteiger charge is 2.30. The first-order valence-electron chi connectivity index (χ1n) is 9.02. The number of aromatic nitrogens is 3. The molecule has 7 nitrogen and oxygen atoms in total. The van der Waals surface area contributed by atoms with Gasteiger partial charge >= 0.3 is 0 Å². The Balaban J connectivity index is 1.94. The predicted molar refractivity (Wildman–Crippen MR) is 110 cm³/mol. The van der Waals surface area contributed by atoms with E-state index in [1.165, 1.54) is 6.92 Å². The van der Waals surface area contributed by atoms with Crippen LogP contribution in [0.2, 0.25) is 0 Å². The summed E-state index contributed by atoms with van der Waals surface area (Å²) in [6.45, 7) is 5.45. The molecule has 1 aliphatic heterocycles.